The fraction of sp³-hybridized carbons (Fsp3) is 0.600. The number of rotatable bonds is 4. The van der Waals surface area contributed by atoms with E-state index in [2.05, 4.69) is 12.2 Å². The van der Waals surface area contributed by atoms with Crippen molar-refractivity contribution in [1.29, 1.82) is 0 Å². The Morgan fingerprint density at radius 2 is 2.06 bits per heavy atom. The van der Waals surface area contributed by atoms with Crippen LogP contribution in [0.2, 0.25) is 0 Å². The standard InChI is InChI=1S/C15H23NO/c1-2-13(14-10-6-7-11-16-14)15(17)12-8-4-3-5-9-12/h3-5,8-9,13-17H,2,6-7,10-11H2,1H3. The molecule has 1 aromatic carbocycles. The second-order valence-corrected chi connectivity index (χ2v) is 4.98. The van der Waals surface area contributed by atoms with Gasteiger partial charge in [0.05, 0.1) is 6.10 Å². The largest absolute Gasteiger partial charge is 0.388 e. The molecule has 2 N–H and O–H groups in total. The molecule has 0 spiro atoms. The fourth-order valence-electron chi connectivity index (χ4n) is 2.87. The third kappa shape index (κ3) is 3.08. The highest BCUT2D eigenvalue weighted by atomic mass is 16.3. The van der Waals surface area contributed by atoms with Crippen LogP contribution in [-0.2, 0) is 0 Å². The molecule has 17 heavy (non-hydrogen) atoms. The molecule has 1 aliphatic rings. The van der Waals surface area contributed by atoms with E-state index >= 15 is 0 Å². The summed E-state index contributed by atoms with van der Waals surface area (Å²) in [6.07, 6.45) is 4.44. The molecule has 1 aromatic rings. The molecule has 0 aromatic heterocycles. The highest BCUT2D eigenvalue weighted by Gasteiger charge is 2.28. The summed E-state index contributed by atoms with van der Waals surface area (Å²) in [6.45, 7) is 3.27. The van der Waals surface area contributed by atoms with E-state index in [1.807, 2.05) is 30.3 Å². The number of hydrogen-bond donors (Lipinski definition) is 2. The van der Waals surface area contributed by atoms with Gasteiger partial charge in [-0.1, -0.05) is 43.7 Å². The molecule has 2 heteroatoms. The Hall–Kier alpha value is -0.860. The molecule has 94 valence electrons. The maximum Gasteiger partial charge on any atom is 0.0832 e. The van der Waals surface area contributed by atoms with Gasteiger partial charge < -0.3 is 10.4 Å². The van der Waals surface area contributed by atoms with Gasteiger partial charge in [0.25, 0.3) is 0 Å². The molecule has 2 nitrogen and oxygen atoms in total. The number of piperidine rings is 1. The molecular weight excluding hydrogens is 210 g/mol. The predicted molar refractivity (Wildman–Crippen MR) is 70.8 cm³/mol. The van der Waals surface area contributed by atoms with Gasteiger partial charge in [-0.2, -0.15) is 0 Å². The zero-order valence-electron chi connectivity index (χ0n) is 10.6. The minimum absolute atomic E-state index is 0.331. The van der Waals surface area contributed by atoms with Crippen LogP contribution in [0.4, 0.5) is 0 Å². The molecule has 1 aliphatic heterocycles. The first-order valence-corrected chi connectivity index (χ1v) is 6.79. The van der Waals surface area contributed by atoms with Gasteiger partial charge in [0.15, 0.2) is 0 Å². The van der Waals surface area contributed by atoms with Crippen molar-refractivity contribution in [2.45, 2.75) is 44.8 Å². The lowest BCUT2D eigenvalue weighted by Crippen LogP contribution is -2.42. The normalized spacial score (nSPS) is 24.2. The maximum atomic E-state index is 10.5. The summed E-state index contributed by atoms with van der Waals surface area (Å²) in [5.41, 5.74) is 1.05. The molecule has 2 rings (SSSR count). The molecule has 0 aliphatic carbocycles. The van der Waals surface area contributed by atoms with E-state index in [9.17, 15) is 5.11 Å². The van der Waals surface area contributed by atoms with E-state index in [1.165, 1.54) is 19.3 Å². The van der Waals surface area contributed by atoms with Gasteiger partial charge in [-0.15, -0.1) is 0 Å². The average Bonchev–Trinajstić information content (AvgIpc) is 2.42. The van der Waals surface area contributed by atoms with Gasteiger partial charge in [-0.3, -0.25) is 0 Å². The van der Waals surface area contributed by atoms with Crippen LogP contribution in [0.5, 0.6) is 0 Å². The Balaban J connectivity index is 2.06. The molecule has 3 atom stereocenters. The van der Waals surface area contributed by atoms with E-state index in [0.29, 0.717) is 12.0 Å². The topological polar surface area (TPSA) is 32.3 Å². The van der Waals surface area contributed by atoms with Gasteiger partial charge in [0.1, 0.15) is 0 Å². The number of nitrogens with one attached hydrogen (secondary N) is 1. The quantitative estimate of drug-likeness (QED) is 0.838. The van der Waals surface area contributed by atoms with Crippen LogP contribution in [-0.4, -0.2) is 17.7 Å². The zero-order valence-corrected chi connectivity index (χ0v) is 10.6. The summed E-state index contributed by atoms with van der Waals surface area (Å²) in [4.78, 5) is 0. The monoisotopic (exact) mass is 233 g/mol. The molecule has 1 fully saturated rings. The highest BCUT2D eigenvalue weighted by Crippen LogP contribution is 2.30. The first kappa shape index (κ1) is 12.6. The summed E-state index contributed by atoms with van der Waals surface area (Å²) >= 11 is 0. The van der Waals surface area contributed by atoms with Crippen LogP contribution in [0.1, 0.15) is 44.3 Å². The lowest BCUT2D eigenvalue weighted by atomic mass is 9.83. The van der Waals surface area contributed by atoms with Gasteiger partial charge in [-0.25, -0.2) is 0 Å². The number of hydrogen-bond acceptors (Lipinski definition) is 2. The molecule has 1 heterocycles. The number of aliphatic hydroxyl groups is 1. The van der Waals surface area contributed by atoms with Crippen LogP contribution in [0.3, 0.4) is 0 Å². The van der Waals surface area contributed by atoms with E-state index in [1.54, 1.807) is 0 Å². The molecular formula is C15H23NO. The van der Waals surface area contributed by atoms with Crippen molar-refractivity contribution in [3.8, 4) is 0 Å². The highest BCUT2D eigenvalue weighted by molar-refractivity contribution is 5.18. The minimum Gasteiger partial charge on any atom is -0.388 e. The van der Waals surface area contributed by atoms with Crippen molar-refractivity contribution in [3.05, 3.63) is 35.9 Å². The Labute approximate surface area is 104 Å². The van der Waals surface area contributed by atoms with Crippen molar-refractivity contribution in [1.82, 2.24) is 5.32 Å². The van der Waals surface area contributed by atoms with Gasteiger partial charge in [0, 0.05) is 12.0 Å². The molecule has 1 saturated heterocycles. The summed E-state index contributed by atoms with van der Waals surface area (Å²) in [7, 11) is 0. The summed E-state index contributed by atoms with van der Waals surface area (Å²) < 4.78 is 0. The third-order valence-corrected chi connectivity index (χ3v) is 3.88. The second-order valence-electron chi connectivity index (χ2n) is 4.98. The lowest BCUT2D eigenvalue weighted by Gasteiger charge is -2.34. The minimum atomic E-state index is -0.336. The molecule has 0 radical (unpaired) electrons. The van der Waals surface area contributed by atoms with Crippen molar-refractivity contribution in [3.63, 3.8) is 0 Å². The van der Waals surface area contributed by atoms with Gasteiger partial charge >= 0.3 is 0 Å². The predicted octanol–water partition coefficient (Wildman–Crippen LogP) is 2.89. The van der Waals surface area contributed by atoms with Crippen LogP contribution in [0.25, 0.3) is 0 Å². The molecule has 0 saturated carbocycles. The zero-order chi connectivity index (χ0) is 12.1. The van der Waals surface area contributed by atoms with Gasteiger partial charge in [0.2, 0.25) is 0 Å². The maximum absolute atomic E-state index is 10.5. The Kier molecular flexibility index (Phi) is 4.57. The fourth-order valence-corrected chi connectivity index (χ4v) is 2.87. The first-order chi connectivity index (χ1) is 8.33. The number of benzene rings is 1. The Bertz CT molecular complexity index is 319. The van der Waals surface area contributed by atoms with Crippen LogP contribution >= 0.6 is 0 Å². The molecule has 3 unspecified atom stereocenters. The van der Waals surface area contributed by atoms with Gasteiger partial charge in [-0.05, 0) is 31.4 Å². The third-order valence-electron chi connectivity index (χ3n) is 3.88. The summed E-state index contributed by atoms with van der Waals surface area (Å²) in [5.74, 6) is 0.331. The van der Waals surface area contributed by atoms with Crippen molar-refractivity contribution in [2.75, 3.05) is 6.54 Å². The molecule has 0 amide bonds. The van der Waals surface area contributed by atoms with Crippen molar-refractivity contribution in [2.24, 2.45) is 5.92 Å². The summed E-state index contributed by atoms with van der Waals surface area (Å²) in [6, 6.07) is 10.5. The lowest BCUT2D eigenvalue weighted by molar-refractivity contribution is 0.0734. The molecule has 0 bridgehead atoms. The average molecular weight is 233 g/mol. The summed E-state index contributed by atoms with van der Waals surface area (Å²) in [5, 5.41) is 14.1. The van der Waals surface area contributed by atoms with E-state index in [0.717, 1.165) is 18.5 Å². The van der Waals surface area contributed by atoms with Crippen LogP contribution < -0.4 is 5.32 Å². The smallest absolute Gasteiger partial charge is 0.0832 e. The Morgan fingerprint density at radius 1 is 1.29 bits per heavy atom. The second kappa shape index (κ2) is 6.18. The Morgan fingerprint density at radius 3 is 2.65 bits per heavy atom. The van der Waals surface area contributed by atoms with Crippen molar-refractivity contribution < 1.29 is 5.11 Å². The van der Waals surface area contributed by atoms with Crippen LogP contribution in [0.15, 0.2) is 30.3 Å². The first-order valence-electron chi connectivity index (χ1n) is 6.79. The van der Waals surface area contributed by atoms with E-state index in [4.69, 9.17) is 0 Å². The van der Waals surface area contributed by atoms with E-state index in [-0.39, 0.29) is 6.10 Å². The number of aliphatic hydroxyl groups excluding tert-OH is 1. The van der Waals surface area contributed by atoms with Crippen molar-refractivity contribution >= 4 is 0 Å². The van der Waals surface area contributed by atoms with E-state index < -0.39 is 0 Å². The van der Waals surface area contributed by atoms with Crippen LogP contribution in [0, 0.1) is 5.92 Å². The SMILES string of the molecule is CCC(C1CCCCN1)C(O)c1ccccc1.